The second-order valence-electron chi connectivity index (χ2n) is 6.45. The van der Waals surface area contributed by atoms with Crippen molar-refractivity contribution in [1.82, 2.24) is 4.98 Å². The molecule has 0 radical (unpaired) electrons. The third-order valence-electron chi connectivity index (χ3n) is 4.16. The fourth-order valence-electron chi connectivity index (χ4n) is 2.85. The average Bonchev–Trinajstić information content (AvgIpc) is 2.62. The van der Waals surface area contributed by atoms with E-state index in [1.165, 1.54) is 11.8 Å². The fraction of sp³-hybridized carbons (Fsp3) is 0.238. The van der Waals surface area contributed by atoms with Crippen molar-refractivity contribution in [3.8, 4) is 5.75 Å². The lowest BCUT2D eigenvalue weighted by molar-refractivity contribution is -0.113. The summed E-state index contributed by atoms with van der Waals surface area (Å²) in [6.45, 7) is 3.92. The minimum Gasteiger partial charge on any atom is -0.495 e. The van der Waals surface area contributed by atoms with E-state index in [1.807, 2.05) is 50.2 Å². The number of aromatic nitrogens is 1. The zero-order chi connectivity index (χ0) is 19.4. The number of ether oxygens (including phenoxy) is 1. The van der Waals surface area contributed by atoms with Crippen LogP contribution in [0.15, 0.2) is 47.3 Å². The summed E-state index contributed by atoms with van der Waals surface area (Å²) in [4.78, 5) is 27.8. The van der Waals surface area contributed by atoms with Gasteiger partial charge in [-0.15, -0.1) is 11.8 Å². The Balaban J connectivity index is 1.62. The fourth-order valence-corrected chi connectivity index (χ4v) is 3.59. The molecule has 0 aliphatic rings. The van der Waals surface area contributed by atoms with Crippen LogP contribution >= 0.6 is 11.8 Å². The van der Waals surface area contributed by atoms with Crippen molar-refractivity contribution in [2.75, 3.05) is 18.2 Å². The van der Waals surface area contributed by atoms with Gasteiger partial charge in [0.05, 0.1) is 18.6 Å². The summed E-state index contributed by atoms with van der Waals surface area (Å²) in [6.07, 6.45) is 0. The van der Waals surface area contributed by atoms with Crippen LogP contribution in [0.25, 0.3) is 10.9 Å². The number of anilines is 1. The largest absolute Gasteiger partial charge is 0.495 e. The predicted molar refractivity (Wildman–Crippen MR) is 112 cm³/mol. The number of methoxy groups -OCH3 is 1. The molecule has 2 N–H and O–H groups in total. The van der Waals surface area contributed by atoms with Crippen molar-refractivity contribution in [1.29, 1.82) is 0 Å². The third kappa shape index (κ3) is 4.71. The van der Waals surface area contributed by atoms with Gasteiger partial charge in [0.25, 0.3) is 0 Å². The van der Waals surface area contributed by atoms with Gasteiger partial charge in [-0.1, -0.05) is 17.7 Å². The number of aryl methyl sites for hydroxylation is 2. The van der Waals surface area contributed by atoms with E-state index in [4.69, 9.17) is 4.74 Å². The van der Waals surface area contributed by atoms with E-state index in [-0.39, 0.29) is 17.1 Å². The second kappa shape index (κ2) is 8.31. The summed E-state index contributed by atoms with van der Waals surface area (Å²) in [5.41, 5.74) is 4.38. The van der Waals surface area contributed by atoms with Gasteiger partial charge in [-0.05, 0) is 43.7 Å². The van der Waals surface area contributed by atoms with E-state index in [2.05, 4.69) is 10.3 Å². The number of thioether (sulfide) groups is 1. The first-order valence-corrected chi connectivity index (χ1v) is 9.76. The minimum atomic E-state index is -0.109. The Morgan fingerprint density at radius 2 is 1.85 bits per heavy atom. The first-order chi connectivity index (χ1) is 13.0. The van der Waals surface area contributed by atoms with Gasteiger partial charge >= 0.3 is 0 Å². The topological polar surface area (TPSA) is 71.2 Å². The van der Waals surface area contributed by atoms with Gasteiger partial charge in [-0.3, -0.25) is 9.59 Å². The molecule has 0 saturated carbocycles. The van der Waals surface area contributed by atoms with Crippen LogP contribution < -0.4 is 15.5 Å². The Morgan fingerprint density at radius 1 is 1.11 bits per heavy atom. The van der Waals surface area contributed by atoms with Gasteiger partial charge < -0.3 is 15.0 Å². The number of benzene rings is 2. The molecule has 1 aromatic heterocycles. The average molecular weight is 382 g/mol. The molecule has 0 saturated heterocycles. The van der Waals surface area contributed by atoms with Gasteiger partial charge in [0.2, 0.25) is 5.91 Å². The number of hydrogen-bond donors (Lipinski definition) is 2. The van der Waals surface area contributed by atoms with Crippen LogP contribution in [0.5, 0.6) is 5.75 Å². The zero-order valence-corrected chi connectivity index (χ0v) is 16.4. The first-order valence-electron chi connectivity index (χ1n) is 8.61. The van der Waals surface area contributed by atoms with Gasteiger partial charge in [0, 0.05) is 28.4 Å². The smallest absolute Gasteiger partial charge is 0.234 e. The lowest BCUT2D eigenvalue weighted by atomic mass is 10.1. The monoisotopic (exact) mass is 382 g/mol. The van der Waals surface area contributed by atoms with Gasteiger partial charge in [-0.25, -0.2) is 0 Å². The molecule has 5 nitrogen and oxygen atoms in total. The molecule has 0 aliphatic heterocycles. The van der Waals surface area contributed by atoms with E-state index in [9.17, 15) is 9.59 Å². The van der Waals surface area contributed by atoms with E-state index in [0.29, 0.717) is 22.6 Å². The van der Waals surface area contributed by atoms with Crippen LogP contribution in [-0.4, -0.2) is 23.8 Å². The summed E-state index contributed by atoms with van der Waals surface area (Å²) >= 11 is 1.45. The molecule has 140 valence electrons. The SMILES string of the molecule is COc1ccc(C)cc1NC(=O)CSCc1cc(=O)c2cc(C)ccc2[nH]1. The van der Waals surface area contributed by atoms with Crippen LogP contribution in [0.1, 0.15) is 16.8 Å². The van der Waals surface area contributed by atoms with E-state index < -0.39 is 0 Å². The van der Waals surface area contributed by atoms with Crippen LogP contribution in [-0.2, 0) is 10.5 Å². The molecular weight excluding hydrogens is 360 g/mol. The molecule has 0 bridgehead atoms. The quantitative estimate of drug-likeness (QED) is 0.675. The van der Waals surface area contributed by atoms with Crippen LogP contribution in [0, 0.1) is 13.8 Å². The number of carbonyl (C=O) groups is 1. The number of pyridine rings is 1. The molecule has 0 aliphatic carbocycles. The van der Waals surface area contributed by atoms with Crippen molar-refractivity contribution in [2.45, 2.75) is 19.6 Å². The molecule has 3 aromatic rings. The van der Waals surface area contributed by atoms with Crippen molar-refractivity contribution >= 4 is 34.3 Å². The summed E-state index contributed by atoms with van der Waals surface area (Å²) in [7, 11) is 1.58. The highest BCUT2D eigenvalue weighted by atomic mass is 32.2. The normalized spacial score (nSPS) is 10.8. The molecule has 1 amide bonds. The predicted octanol–water partition coefficient (Wildman–Crippen LogP) is 4.03. The van der Waals surface area contributed by atoms with Gasteiger partial charge in [-0.2, -0.15) is 0 Å². The first kappa shape index (κ1) is 19.0. The standard InChI is InChI=1S/C21H22N2O3S/c1-13-4-6-17-16(8-13)19(24)10-15(22-17)11-27-12-21(25)23-18-9-14(2)5-7-20(18)26-3/h4-10H,11-12H2,1-3H3,(H,22,24)(H,23,25). The van der Waals surface area contributed by atoms with Gasteiger partial charge in [0.15, 0.2) is 5.43 Å². The van der Waals surface area contributed by atoms with Crippen LogP contribution in [0.3, 0.4) is 0 Å². The molecule has 1 heterocycles. The number of hydrogen-bond acceptors (Lipinski definition) is 4. The maximum atomic E-state index is 12.3. The highest BCUT2D eigenvalue weighted by molar-refractivity contribution is 7.99. The number of H-pyrrole nitrogens is 1. The minimum absolute atomic E-state index is 0.00278. The number of aromatic amines is 1. The Labute approximate surface area is 162 Å². The van der Waals surface area contributed by atoms with Gasteiger partial charge in [0.1, 0.15) is 5.75 Å². The Kier molecular flexibility index (Phi) is 5.86. The number of carbonyl (C=O) groups excluding carboxylic acids is 1. The molecule has 27 heavy (non-hydrogen) atoms. The molecule has 6 heteroatoms. The summed E-state index contributed by atoms with van der Waals surface area (Å²) in [5, 5.41) is 3.57. The van der Waals surface area contributed by atoms with Crippen molar-refractivity contribution in [3.63, 3.8) is 0 Å². The highest BCUT2D eigenvalue weighted by Crippen LogP contribution is 2.25. The molecule has 0 atom stereocenters. The number of rotatable bonds is 6. The lowest BCUT2D eigenvalue weighted by Gasteiger charge is -2.11. The highest BCUT2D eigenvalue weighted by Gasteiger charge is 2.09. The van der Waals surface area contributed by atoms with Crippen molar-refractivity contribution in [2.24, 2.45) is 0 Å². The molecule has 2 aromatic carbocycles. The maximum absolute atomic E-state index is 12.3. The maximum Gasteiger partial charge on any atom is 0.234 e. The van der Waals surface area contributed by atoms with Crippen LogP contribution in [0.2, 0.25) is 0 Å². The zero-order valence-electron chi connectivity index (χ0n) is 15.6. The van der Waals surface area contributed by atoms with E-state index >= 15 is 0 Å². The van der Waals surface area contributed by atoms with Crippen molar-refractivity contribution < 1.29 is 9.53 Å². The molecule has 0 unspecified atom stereocenters. The van der Waals surface area contributed by atoms with E-state index in [0.717, 1.165) is 22.3 Å². The molecule has 3 rings (SSSR count). The third-order valence-corrected chi connectivity index (χ3v) is 5.14. The van der Waals surface area contributed by atoms with Crippen molar-refractivity contribution in [3.05, 3.63) is 69.5 Å². The lowest BCUT2D eigenvalue weighted by Crippen LogP contribution is -2.15. The Morgan fingerprint density at radius 3 is 2.63 bits per heavy atom. The summed E-state index contributed by atoms with van der Waals surface area (Å²) in [6, 6.07) is 13.0. The number of amides is 1. The van der Waals surface area contributed by atoms with Crippen LogP contribution in [0.4, 0.5) is 5.69 Å². The summed E-state index contributed by atoms with van der Waals surface area (Å²) < 4.78 is 5.28. The second-order valence-corrected chi connectivity index (χ2v) is 7.44. The molecular formula is C21H22N2O3S. The number of fused-ring (bicyclic) bond motifs is 1. The number of nitrogens with one attached hydrogen (secondary N) is 2. The van der Waals surface area contributed by atoms with E-state index in [1.54, 1.807) is 13.2 Å². The molecule has 0 fully saturated rings. The molecule has 0 spiro atoms. The summed E-state index contributed by atoms with van der Waals surface area (Å²) in [5.74, 6) is 1.36. The Hall–Kier alpha value is -2.73. The Bertz CT molecular complexity index is 1040.